The van der Waals surface area contributed by atoms with E-state index in [1.54, 1.807) is 13.2 Å². The molecule has 1 saturated heterocycles. The van der Waals surface area contributed by atoms with Crippen LogP contribution in [0.2, 0.25) is 5.02 Å². The average molecular weight is 451 g/mol. The molecular weight excluding hydrogens is 424 g/mol. The minimum atomic E-state index is -3.76. The lowest BCUT2D eigenvalue weighted by atomic mass is 10.00. The SMILES string of the molecule is COc1ccc([C@H]2CCCCCN2C(=O)c2ccc(Cl)c(S(=O)(=O)N(C)C)c2)cc1. The molecule has 0 radical (unpaired) electrons. The van der Waals surface area contributed by atoms with Crippen molar-refractivity contribution >= 4 is 27.5 Å². The number of sulfonamides is 1. The Bertz CT molecular complexity index is 1010. The van der Waals surface area contributed by atoms with Crippen LogP contribution in [0.15, 0.2) is 47.4 Å². The maximum atomic E-state index is 13.5. The van der Waals surface area contributed by atoms with Gasteiger partial charge >= 0.3 is 0 Å². The Kier molecular flexibility index (Phi) is 7.06. The molecule has 1 amide bonds. The first-order valence-electron chi connectivity index (χ1n) is 9.92. The normalized spacial score (nSPS) is 17.6. The number of benzene rings is 2. The lowest BCUT2D eigenvalue weighted by Gasteiger charge is -2.31. The summed E-state index contributed by atoms with van der Waals surface area (Å²) in [6, 6.07) is 12.1. The van der Waals surface area contributed by atoms with Gasteiger partial charge in [0, 0.05) is 26.2 Å². The summed E-state index contributed by atoms with van der Waals surface area (Å²) >= 11 is 6.15. The average Bonchev–Trinajstić information content (AvgIpc) is 2.99. The molecule has 30 heavy (non-hydrogen) atoms. The molecule has 6 nitrogen and oxygen atoms in total. The summed E-state index contributed by atoms with van der Waals surface area (Å²) in [4.78, 5) is 15.3. The third-order valence-corrected chi connectivity index (χ3v) is 7.75. The van der Waals surface area contributed by atoms with Crippen molar-refractivity contribution in [2.24, 2.45) is 0 Å². The second kappa shape index (κ2) is 9.37. The number of halogens is 1. The molecule has 1 atom stereocenters. The van der Waals surface area contributed by atoms with Crippen LogP contribution in [0.1, 0.15) is 47.6 Å². The Morgan fingerprint density at radius 3 is 2.43 bits per heavy atom. The van der Waals surface area contributed by atoms with Gasteiger partial charge in [0.2, 0.25) is 10.0 Å². The fourth-order valence-electron chi connectivity index (χ4n) is 3.72. The van der Waals surface area contributed by atoms with Gasteiger partial charge in [-0.15, -0.1) is 0 Å². The van der Waals surface area contributed by atoms with Crippen LogP contribution in [0.5, 0.6) is 5.75 Å². The van der Waals surface area contributed by atoms with Crippen molar-refractivity contribution in [3.63, 3.8) is 0 Å². The second-order valence-electron chi connectivity index (χ2n) is 7.57. The van der Waals surface area contributed by atoms with Crippen molar-refractivity contribution in [1.29, 1.82) is 0 Å². The van der Waals surface area contributed by atoms with Crippen LogP contribution in [0.4, 0.5) is 0 Å². The number of carbonyl (C=O) groups excluding carboxylic acids is 1. The van der Waals surface area contributed by atoms with Crippen LogP contribution in [0.25, 0.3) is 0 Å². The summed E-state index contributed by atoms with van der Waals surface area (Å²) in [7, 11) is 0.742. The van der Waals surface area contributed by atoms with Gasteiger partial charge in [0.15, 0.2) is 0 Å². The number of ether oxygens (including phenoxy) is 1. The van der Waals surface area contributed by atoms with Gasteiger partial charge in [-0.2, -0.15) is 0 Å². The summed E-state index contributed by atoms with van der Waals surface area (Å²) in [5.41, 5.74) is 1.36. The number of likely N-dealkylation sites (tertiary alicyclic amines) is 1. The van der Waals surface area contributed by atoms with E-state index in [1.165, 1.54) is 26.2 Å². The number of hydrogen-bond donors (Lipinski definition) is 0. The predicted octanol–water partition coefficient (Wildman–Crippen LogP) is 4.36. The quantitative estimate of drug-likeness (QED) is 0.678. The fraction of sp³-hybridized carbons (Fsp3) is 0.409. The highest BCUT2D eigenvalue weighted by molar-refractivity contribution is 7.89. The van der Waals surface area contributed by atoms with E-state index >= 15 is 0 Å². The molecule has 0 bridgehead atoms. The molecule has 162 valence electrons. The highest BCUT2D eigenvalue weighted by Gasteiger charge is 2.29. The first-order chi connectivity index (χ1) is 14.3. The minimum absolute atomic E-state index is 0.0594. The van der Waals surface area contributed by atoms with Gasteiger partial charge in [-0.3, -0.25) is 4.79 Å². The van der Waals surface area contributed by atoms with E-state index in [4.69, 9.17) is 16.3 Å². The molecule has 1 aliphatic heterocycles. The van der Waals surface area contributed by atoms with Crippen LogP contribution >= 0.6 is 11.6 Å². The first kappa shape index (κ1) is 22.6. The summed E-state index contributed by atoms with van der Waals surface area (Å²) < 4.78 is 31.6. The van der Waals surface area contributed by atoms with Crippen LogP contribution in [-0.4, -0.2) is 51.3 Å². The lowest BCUT2D eigenvalue weighted by molar-refractivity contribution is 0.0680. The Hall–Kier alpha value is -2.09. The zero-order chi connectivity index (χ0) is 21.9. The monoisotopic (exact) mass is 450 g/mol. The summed E-state index contributed by atoms with van der Waals surface area (Å²) in [6.07, 6.45) is 3.85. The summed E-state index contributed by atoms with van der Waals surface area (Å²) in [6.45, 7) is 0.619. The Balaban J connectivity index is 1.98. The van der Waals surface area contributed by atoms with Gasteiger partial charge in [0.25, 0.3) is 5.91 Å². The molecule has 1 aliphatic rings. The second-order valence-corrected chi connectivity index (χ2v) is 10.1. The zero-order valence-corrected chi connectivity index (χ0v) is 19.0. The Labute approximate surface area is 183 Å². The first-order valence-corrected chi connectivity index (χ1v) is 11.7. The highest BCUT2D eigenvalue weighted by Crippen LogP contribution is 2.33. The number of methoxy groups -OCH3 is 1. The molecular formula is C22H27ClN2O4S. The summed E-state index contributed by atoms with van der Waals surface area (Å²) in [5, 5.41) is 0.0998. The van der Waals surface area contributed by atoms with E-state index < -0.39 is 10.0 Å². The van der Waals surface area contributed by atoms with E-state index in [0.29, 0.717) is 12.1 Å². The van der Waals surface area contributed by atoms with Gasteiger partial charge < -0.3 is 9.64 Å². The molecule has 2 aromatic carbocycles. The Morgan fingerprint density at radius 2 is 1.80 bits per heavy atom. The third kappa shape index (κ3) is 4.63. The maximum absolute atomic E-state index is 13.5. The van der Waals surface area contributed by atoms with E-state index in [2.05, 4.69) is 0 Å². The number of carbonyl (C=O) groups is 1. The van der Waals surface area contributed by atoms with Crippen LogP contribution in [0.3, 0.4) is 0 Å². The molecule has 0 saturated carbocycles. The molecule has 8 heteroatoms. The largest absolute Gasteiger partial charge is 0.497 e. The van der Waals surface area contributed by atoms with Gasteiger partial charge in [-0.25, -0.2) is 12.7 Å². The molecule has 0 aromatic heterocycles. The van der Waals surface area contributed by atoms with Crippen molar-refractivity contribution in [1.82, 2.24) is 9.21 Å². The van der Waals surface area contributed by atoms with E-state index in [1.807, 2.05) is 29.2 Å². The predicted molar refractivity (Wildman–Crippen MR) is 118 cm³/mol. The highest BCUT2D eigenvalue weighted by atomic mass is 35.5. The van der Waals surface area contributed by atoms with Gasteiger partial charge in [0.1, 0.15) is 10.6 Å². The van der Waals surface area contributed by atoms with Crippen molar-refractivity contribution in [3.05, 3.63) is 58.6 Å². The van der Waals surface area contributed by atoms with Crippen molar-refractivity contribution in [2.75, 3.05) is 27.7 Å². The smallest absolute Gasteiger partial charge is 0.254 e. The van der Waals surface area contributed by atoms with Crippen molar-refractivity contribution in [2.45, 2.75) is 36.6 Å². The van der Waals surface area contributed by atoms with Gasteiger partial charge in [-0.1, -0.05) is 36.6 Å². The third-order valence-electron chi connectivity index (χ3n) is 5.45. The van der Waals surface area contributed by atoms with Crippen LogP contribution in [0, 0.1) is 0 Å². The molecule has 0 spiro atoms. The molecule has 0 aliphatic carbocycles. The van der Waals surface area contributed by atoms with Crippen molar-refractivity contribution in [3.8, 4) is 5.75 Å². The molecule has 2 aromatic rings. The standard InChI is InChI=1S/C22H27ClN2O4S/c1-24(2)30(27,28)21-15-17(10-13-19(21)23)22(26)25-14-6-4-5-7-20(25)16-8-11-18(29-3)12-9-16/h8-13,15,20H,4-7,14H2,1-3H3/t20-/m1/s1. The molecule has 3 rings (SSSR count). The maximum Gasteiger partial charge on any atom is 0.254 e. The molecule has 0 unspecified atom stereocenters. The fourth-order valence-corrected chi connectivity index (χ4v) is 5.11. The lowest BCUT2D eigenvalue weighted by Crippen LogP contribution is -2.35. The number of nitrogens with zero attached hydrogens (tertiary/aromatic N) is 2. The minimum Gasteiger partial charge on any atom is -0.497 e. The van der Waals surface area contributed by atoms with Crippen molar-refractivity contribution < 1.29 is 17.9 Å². The number of amides is 1. The zero-order valence-electron chi connectivity index (χ0n) is 17.5. The van der Waals surface area contributed by atoms with Crippen LogP contribution in [-0.2, 0) is 10.0 Å². The number of hydrogen-bond acceptors (Lipinski definition) is 4. The molecule has 1 fully saturated rings. The summed E-state index contributed by atoms with van der Waals surface area (Å²) in [5.74, 6) is 0.575. The van der Waals surface area contributed by atoms with E-state index in [9.17, 15) is 13.2 Å². The molecule has 1 heterocycles. The molecule has 0 N–H and O–H groups in total. The topological polar surface area (TPSA) is 66.9 Å². The van der Waals surface area contributed by atoms with Gasteiger partial charge in [0.05, 0.1) is 18.2 Å². The number of rotatable bonds is 5. The van der Waals surface area contributed by atoms with Gasteiger partial charge in [-0.05, 0) is 48.7 Å². The van der Waals surface area contributed by atoms with Crippen LogP contribution < -0.4 is 4.74 Å². The Morgan fingerprint density at radius 1 is 1.10 bits per heavy atom. The van der Waals surface area contributed by atoms with E-state index in [0.717, 1.165) is 41.3 Å². The van der Waals surface area contributed by atoms with E-state index in [-0.39, 0.29) is 21.9 Å².